The second-order valence-corrected chi connectivity index (χ2v) is 6.44. The molecule has 2 aliphatic heterocycles. The van der Waals surface area contributed by atoms with Crippen LogP contribution in [0.1, 0.15) is 26.7 Å². The molecule has 0 radical (unpaired) electrons. The van der Waals surface area contributed by atoms with E-state index < -0.39 is 12.7 Å². The van der Waals surface area contributed by atoms with E-state index in [0.717, 1.165) is 12.8 Å². The number of hydrogen-bond donors (Lipinski definition) is 1. The Balaban J connectivity index is 1.78. The average Bonchev–Trinajstić information content (AvgIpc) is 2.84. The molecular formula is C14H24F3N3O2. The third-order valence-corrected chi connectivity index (χ3v) is 4.35. The average molecular weight is 323 g/mol. The van der Waals surface area contributed by atoms with Crippen LogP contribution in [0.25, 0.3) is 0 Å². The summed E-state index contributed by atoms with van der Waals surface area (Å²) in [5.74, 6) is 0. The summed E-state index contributed by atoms with van der Waals surface area (Å²) in [7, 11) is 0. The Hall–Kier alpha value is -1.02. The molecule has 0 saturated carbocycles. The van der Waals surface area contributed by atoms with Crippen molar-refractivity contribution in [2.75, 3.05) is 39.3 Å². The Labute approximate surface area is 128 Å². The first-order valence-corrected chi connectivity index (χ1v) is 7.66. The third kappa shape index (κ3) is 4.74. The molecule has 0 aliphatic carbocycles. The van der Waals surface area contributed by atoms with E-state index in [1.54, 1.807) is 11.8 Å². The first-order valence-electron chi connectivity index (χ1n) is 7.66. The normalized spacial score (nSPS) is 30.6. The fourth-order valence-corrected chi connectivity index (χ4v) is 3.00. The number of carbonyl (C=O) groups is 1. The van der Waals surface area contributed by atoms with Crippen molar-refractivity contribution in [2.24, 2.45) is 0 Å². The topological polar surface area (TPSA) is 44.8 Å². The van der Waals surface area contributed by atoms with Crippen LogP contribution in [0, 0.1) is 0 Å². The van der Waals surface area contributed by atoms with Crippen LogP contribution in [-0.2, 0) is 4.74 Å². The molecule has 2 atom stereocenters. The lowest BCUT2D eigenvalue weighted by atomic mass is 10.0. The molecule has 0 spiro atoms. The summed E-state index contributed by atoms with van der Waals surface area (Å²) in [6.45, 7) is 4.75. The predicted molar refractivity (Wildman–Crippen MR) is 75.7 cm³/mol. The molecule has 0 unspecified atom stereocenters. The van der Waals surface area contributed by atoms with Crippen molar-refractivity contribution in [3.05, 3.63) is 0 Å². The summed E-state index contributed by atoms with van der Waals surface area (Å²) >= 11 is 0. The van der Waals surface area contributed by atoms with Gasteiger partial charge in [-0.15, -0.1) is 0 Å². The zero-order valence-corrected chi connectivity index (χ0v) is 13.1. The second kappa shape index (κ2) is 6.62. The number of hydrogen-bond acceptors (Lipinski definition) is 3. The number of nitrogens with zero attached hydrogens (tertiary/aromatic N) is 2. The number of halogens is 3. The molecule has 2 heterocycles. The van der Waals surface area contributed by atoms with E-state index in [1.807, 2.05) is 6.92 Å². The van der Waals surface area contributed by atoms with Gasteiger partial charge in [0.05, 0.1) is 12.1 Å². The van der Waals surface area contributed by atoms with Crippen LogP contribution in [0.15, 0.2) is 0 Å². The van der Waals surface area contributed by atoms with Crippen LogP contribution in [0.3, 0.4) is 0 Å². The van der Waals surface area contributed by atoms with Crippen molar-refractivity contribution in [3.63, 3.8) is 0 Å². The summed E-state index contributed by atoms with van der Waals surface area (Å²) in [6.07, 6.45) is -2.31. The van der Waals surface area contributed by atoms with Gasteiger partial charge in [0.2, 0.25) is 0 Å². The SMILES string of the molecule is C[C@@H]1CN(C(=O)NC[C@@]2(C)CCCO2)CCN1CC(F)(F)F. The Bertz CT molecular complexity index is 397. The number of alkyl halides is 3. The Morgan fingerprint density at radius 3 is 2.68 bits per heavy atom. The van der Waals surface area contributed by atoms with E-state index in [-0.39, 0.29) is 24.2 Å². The Morgan fingerprint density at radius 2 is 2.14 bits per heavy atom. The molecule has 1 N–H and O–H groups in total. The van der Waals surface area contributed by atoms with Gasteiger partial charge in [-0.3, -0.25) is 4.90 Å². The number of carbonyl (C=O) groups excluding carboxylic acids is 1. The lowest BCUT2D eigenvalue weighted by molar-refractivity contribution is -0.153. The van der Waals surface area contributed by atoms with Gasteiger partial charge in [-0.1, -0.05) is 0 Å². The Morgan fingerprint density at radius 1 is 1.41 bits per heavy atom. The van der Waals surface area contributed by atoms with Gasteiger partial charge in [0.25, 0.3) is 0 Å². The largest absolute Gasteiger partial charge is 0.401 e. The second-order valence-electron chi connectivity index (χ2n) is 6.44. The zero-order chi connectivity index (χ0) is 16.4. The van der Waals surface area contributed by atoms with E-state index in [0.29, 0.717) is 26.2 Å². The highest BCUT2D eigenvalue weighted by molar-refractivity contribution is 5.74. The highest BCUT2D eigenvalue weighted by Crippen LogP contribution is 2.24. The van der Waals surface area contributed by atoms with Crippen molar-refractivity contribution >= 4 is 6.03 Å². The lowest BCUT2D eigenvalue weighted by Crippen LogP contribution is -2.58. The Kier molecular flexibility index (Phi) is 5.21. The summed E-state index contributed by atoms with van der Waals surface area (Å²) < 4.78 is 43.0. The van der Waals surface area contributed by atoms with Crippen LogP contribution in [0.2, 0.25) is 0 Å². The molecule has 0 aromatic rings. The van der Waals surface area contributed by atoms with E-state index in [4.69, 9.17) is 4.74 Å². The first-order chi connectivity index (χ1) is 10.2. The third-order valence-electron chi connectivity index (χ3n) is 4.35. The fraction of sp³-hybridized carbons (Fsp3) is 0.929. The highest BCUT2D eigenvalue weighted by atomic mass is 19.4. The molecule has 2 aliphatic rings. The van der Waals surface area contributed by atoms with Crippen LogP contribution < -0.4 is 5.32 Å². The minimum Gasteiger partial charge on any atom is -0.373 e. The minimum absolute atomic E-state index is 0.227. The smallest absolute Gasteiger partial charge is 0.373 e. The van der Waals surface area contributed by atoms with Crippen LogP contribution in [0.4, 0.5) is 18.0 Å². The van der Waals surface area contributed by atoms with Crippen molar-refractivity contribution < 1.29 is 22.7 Å². The maximum atomic E-state index is 12.5. The molecule has 0 aromatic carbocycles. The zero-order valence-electron chi connectivity index (χ0n) is 13.1. The van der Waals surface area contributed by atoms with Crippen LogP contribution in [-0.4, -0.2) is 73.0 Å². The number of ether oxygens (including phenoxy) is 1. The molecule has 128 valence electrons. The monoisotopic (exact) mass is 323 g/mol. The summed E-state index contributed by atoms with van der Waals surface area (Å²) in [5, 5.41) is 2.84. The summed E-state index contributed by atoms with van der Waals surface area (Å²) in [5.41, 5.74) is -0.320. The molecule has 0 aromatic heterocycles. The molecule has 22 heavy (non-hydrogen) atoms. The number of piperazine rings is 1. The molecule has 8 heteroatoms. The van der Waals surface area contributed by atoms with Crippen molar-refractivity contribution in [3.8, 4) is 0 Å². The molecular weight excluding hydrogens is 299 g/mol. The van der Waals surface area contributed by atoms with Gasteiger partial charge in [0.1, 0.15) is 0 Å². The maximum absolute atomic E-state index is 12.5. The van der Waals surface area contributed by atoms with Gasteiger partial charge in [0.15, 0.2) is 0 Å². The maximum Gasteiger partial charge on any atom is 0.401 e. The number of urea groups is 1. The van der Waals surface area contributed by atoms with Gasteiger partial charge in [-0.25, -0.2) is 4.79 Å². The summed E-state index contributed by atoms with van der Waals surface area (Å²) in [6, 6.07) is -0.533. The quantitative estimate of drug-likeness (QED) is 0.862. The van der Waals surface area contributed by atoms with Gasteiger partial charge < -0.3 is 15.0 Å². The van der Waals surface area contributed by atoms with Gasteiger partial charge in [-0.2, -0.15) is 13.2 Å². The van der Waals surface area contributed by atoms with E-state index in [2.05, 4.69) is 5.32 Å². The molecule has 2 saturated heterocycles. The summed E-state index contributed by atoms with van der Waals surface area (Å²) in [4.78, 5) is 15.1. The molecule has 2 rings (SSSR count). The number of nitrogens with one attached hydrogen (secondary N) is 1. The highest BCUT2D eigenvalue weighted by Gasteiger charge is 2.36. The number of amides is 2. The molecule has 5 nitrogen and oxygen atoms in total. The van der Waals surface area contributed by atoms with Crippen molar-refractivity contribution in [1.29, 1.82) is 0 Å². The van der Waals surface area contributed by atoms with E-state index in [9.17, 15) is 18.0 Å². The fourth-order valence-electron chi connectivity index (χ4n) is 3.00. The predicted octanol–water partition coefficient (Wildman–Crippen LogP) is 1.83. The van der Waals surface area contributed by atoms with Gasteiger partial charge in [-0.05, 0) is 26.7 Å². The first kappa shape index (κ1) is 17.3. The van der Waals surface area contributed by atoms with E-state index >= 15 is 0 Å². The van der Waals surface area contributed by atoms with Crippen LogP contribution in [0.5, 0.6) is 0 Å². The molecule has 2 fully saturated rings. The van der Waals surface area contributed by atoms with Gasteiger partial charge in [0, 0.05) is 38.8 Å². The standard InChI is InChI=1S/C14H24F3N3O2/c1-11-8-19(5-6-20(11)10-14(15,16)17)12(21)18-9-13(2)4-3-7-22-13/h11H,3-10H2,1-2H3,(H,18,21)/t11-,13-/m1/s1. The van der Waals surface area contributed by atoms with Gasteiger partial charge >= 0.3 is 12.2 Å². The number of rotatable bonds is 3. The lowest BCUT2D eigenvalue weighted by Gasteiger charge is -2.40. The van der Waals surface area contributed by atoms with Crippen molar-refractivity contribution in [2.45, 2.75) is 44.5 Å². The molecule has 0 bridgehead atoms. The molecule has 2 amide bonds. The minimum atomic E-state index is -4.20. The van der Waals surface area contributed by atoms with Crippen molar-refractivity contribution in [1.82, 2.24) is 15.1 Å². The van der Waals surface area contributed by atoms with Crippen LogP contribution >= 0.6 is 0 Å². The van der Waals surface area contributed by atoms with E-state index in [1.165, 1.54) is 4.90 Å².